The van der Waals surface area contributed by atoms with E-state index in [1.807, 2.05) is 0 Å². The van der Waals surface area contributed by atoms with Crippen LogP contribution in [0.25, 0.3) is 11.2 Å². The van der Waals surface area contributed by atoms with Crippen molar-refractivity contribution >= 4 is 33.0 Å². The van der Waals surface area contributed by atoms with Crippen LogP contribution in [0.2, 0.25) is 0 Å². The molecule has 6 nitrogen and oxygen atoms in total. The third-order valence-corrected chi connectivity index (χ3v) is 2.86. The molecular weight excluding hydrogens is 317 g/mol. The molecule has 0 bridgehead atoms. The van der Waals surface area contributed by atoms with Crippen LogP contribution in [0.4, 0.5) is 10.3 Å². The smallest absolute Gasteiger partial charge is 0.250 e. The standard InChI is InChI=1S/C11H7BrFN5O/c12-5-1-2-6(13)7(3-5)19-10-8-9(16-4-15-8)17-11(14)18-10/h1-4H,(H3,14,15,16,17,18). The molecule has 0 atom stereocenters. The molecule has 0 spiro atoms. The highest BCUT2D eigenvalue weighted by molar-refractivity contribution is 9.10. The molecule has 0 saturated heterocycles. The normalized spacial score (nSPS) is 10.8. The summed E-state index contributed by atoms with van der Waals surface area (Å²) in [7, 11) is 0. The van der Waals surface area contributed by atoms with Gasteiger partial charge in [0.2, 0.25) is 5.95 Å². The Balaban J connectivity index is 2.10. The van der Waals surface area contributed by atoms with E-state index in [0.29, 0.717) is 15.6 Å². The first-order chi connectivity index (χ1) is 9.13. The van der Waals surface area contributed by atoms with E-state index in [0.717, 1.165) is 0 Å². The van der Waals surface area contributed by atoms with Crippen molar-refractivity contribution in [2.45, 2.75) is 0 Å². The number of nitrogens with two attached hydrogens (primary N) is 1. The van der Waals surface area contributed by atoms with E-state index in [2.05, 4.69) is 35.9 Å². The average Bonchev–Trinajstić information content (AvgIpc) is 2.82. The Morgan fingerprint density at radius 1 is 1.32 bits per heavy atom. The van der Waals surface area contributed by atoms with Crippen LogP contribution in [-0.2, 0) is 0 Å². The average molecular weight is 324 g/mol. The fourth-order valence-electron chi connectivity index (χ4n) is 1.56. The Morgan fingerprint density at radius 2 is 2.16 bits per heavy atom. The zero-order chi connectivity index (χ0) is 13.4. The van der Waals surface area contributed by atoms with Gasteiger partial charge < -0.3 is 15.5 Å². The molecule has 0 amide bonds. The zero-order valence-electron chi connectivity index (χ0n) is 9.39. The quantitative estimate of drug-likeness (QED) is 0.756. The number of H-pyrrole nitrogens is 1. The number of anilines is 1. The van der Waals surface area contributed by atoms with Gasteiger partial charge in [-0.2, -0.15) is 9.97 Å². The van der Waals surface area contributed by atoms with Crippen LogP contribution in [0.1, 0.15) is 0 Å². The molecule has 19 heavy (non-hydrogen) atoms. The molecule has 3 N–H and O–H groups in total. The van der Waals surface area contributed by atoms with Gasteiger partial charge in [-0.25, -0.2) is 9.37 Å². The summed E-state index contributed by atoms with van der Waals surface area (Å²) in [6.45, 7) is 0. The number of imidazole rings is 1. The number of benzene rings is 1. The first-order valence-electron chi connectivity index (χ1n) is 5.23. The van der Waals surface area contributed by atoms with Crippen LogP contribution in [0.3, 0.4) is 0 Å². The second-order valence-electron chi connectivity index (χ2n) is 3.66. The number of rotatable bonds is 2. The third-order valence-electron chi connectivity index (χ3n) is 2.37. The Morgan fingerprint density at radius 3 is 3.00 bits per heavy atom. The SMILES string of the molecule is Nc1nc(Oc2cc(Br)ccc2F)c2[nH]cnc2n1. The Labute approximate surface area is 115 Å². The lowest BCUT2D eigenvalue weighted by Crippen LogP contribution is -1.99. The van der Waals surface area contributed by atoms with E-state index in [1.165, 1.54) is 18.5 Å². The van der Waals surface area contributed by atoms with Crippen LogP contribution in [0.15, 0.2) is 29.0 Å². The van der Waals surface area contributed by atoms with Crippen molar-refractivity contribution in [3.8, 4) is 11.6 Å². The summed E-state index contributed by atoms with van der Waals surface area (Å²) in [4.78, 5) is 14.6. The third kappa shape index (κ3) is 2.22. The van der Waals surface area contributed by atoms with Gasteiger partial charge >= 0.3 is 0 Å². The minimum Gasteiger partial charge on any atom is -0.434 e. The monoisotopic (exact) mass is 323 g/mol. The summed E-state index contributed by atoms with van der Waals surface area (Å²) in [5.41, 5.74) is 6.36. The number of nitrogens with one attached hydrogen (secondary N) is 1. The molecule has 0 aliphatic rings. The maximum atomic E-state index is 13.6. The number of nitrogens with zero attached hydrogens (tertiary/aromatic N) is 3. The van der Waals surface area contributed by atoms with Crippen LogP contribution in [0, 0.1) is 5.82 Å². The van der Waals surface area contributed by atoms with Gasteiger partial charge in [0.15, 0.2) is 17.2 Å². The molecule has 96 valence electrons. The van der Waals surface area contributed by atoms with Crippen molar-refractivity contribution in [1.29, 1.82) is 0 Å². The maximum absolute atomic E-state index is 13.6. The summed E-state index contributed by atoms with van der Waals surface area (Å²) in [6, 6.07) is 4.35. The highest BCUT2D eigenvalue weighted by Gasteiger charge is 2.13. The number of ether oxygens (including phenoxy) is 1. The van der Waals surface area contributed by atoms with E-state index in [9.17, 15) is 4.39 Å². The molecule has 0 aliphatic heterocycles. The van der Waals surface area contributed by atoms with Gasteiger partial charge in [0.05, 0.1) is 6.33 Å². The zero-order valence-corrected chi connectivity index (χ0v) is 11.0. The van der Waals surface area contributed by atoms with Crippen molar-refractivity contribution < 1.29 is 9.13 Å². The number of halogens is 2. The fraction of sp³-hybridized carbons (Fsp3) is 0. The topological polar surface area (TPSA) is 89.7 Å². The number of aromatic nitrogens is 4. The summed E-state index contributed by atoms with van der Waals surface area (Å²) >= 11 is 3.24. The molecule has 0 saturated carbocycles. The highest BCUT2D eigenvalue weighted by Crippen LogP contribution is 2.29. The molecule has 0 unspecified atom stereocenters. The lowest BCUT2D eigenvalue weighted by molar-refractivity contribution is 0.431. The van der Waals surface area contributed by atoms with Crippen molar-refractivity contribution in [2.75, 3.05) is 5.73 Å². The minimum atomic E-state index is -0.506. The lowest BCUT2D eigenvalue weighted by atomic mass is 10.3. The Kier molecular flexibility index (Phi) is 2.79. The van der Waals surface area contributed by atoms with E-state index >= 15 is 0 Å². The van der Waals surface area contributed by atoms with E-state index < -0.39 is 5.82 Å². The molecule has 0 radical (unpaired) electrons. The van der Waals surface area contributed by atoms with Crippen LogP contribution >= 0.6 is 15.9 Å². The first kappa shape index (κ1) is 11.8. The van der Waals surface area contributed by atoms with Gasteiger partial charge in [-0.1, -0.05) is 15.9 Å². The van der Waals surface area contributed by atoms with E-state index in [-0.39, 0.29) is 17.6 Å². The van der Waals surface area contributed by atoms with Crippen molar-refractivity contribution in [2.24, 2.45) is 0 Å². The molecule has 8 heteroatoms. The summed E-state index contributed by atoms with van der Waals surface area (Å²) in [5.74, 6) is -0.349. The largest absolute Gasteiger partial charge is 0.434 e. The summed E-state index contributed by atoms with van der Waals surface area (Å²) < 4.78 is 19.8. The van der Waals surface area contributed by atoms with Crippen LogP contribution in [0.5, 0.6) is 11.6 Å². The lowest BCUT2D eigenvalue weighted by Gasteiger charge is -2.07. The molecular formula is C11H7BrFN5O. The molecule has 1 aromatic carbocycles. The minimum absolute atomic E-state index is 0.00463. The van der Waals surface area contributed by atoms with Gasteiger partial charge in [0.25, 0.3) is 5.88 Å². The maximum Gasteiger partial charge on any atom is 0.250 e. The number of nitrogen functional groups attached to an aromatic ring is 1. The predicted octanol–water partition coefficient (Wildman–Crippen LogP) is 2.63. The highest BCUT2D eigenvalue weighted by atomic mass is 79.9. The second kappa shape index (κ2) is 4.47. The number of hydrogen-bond donors (Lipinski definition) is 2. The van der Waals surface area contributed by atoms with Gasteiger partial charge in [0, 0.05) is 4.47 Å². The first-order valence-corrected chi connectivity index (χ1v) is 6.02. The van der Waals surface area contributed by atoms with Crippen LogP contribution in [-0.4, -0.2) is 19.9 Å². The predicted molar refractivity (Wildman–Crippen MR) is 70.3 cm³/mol. The number of hydrogen-bond acceptors (Lipinski definition) is 5. The molecule has 3 rings (SSSR count). The van der Waals surface area contributed by atoms with Crippen molar-refractivity contribution in [1.82, 2.24) is 19.9 Å². The van der Waals surface area contributed by atoms with Crippen molar-refractivity contribution in [3.63, 3.8) is 0 Å². The molecule has 0 aliphatic carbocycles. The van der Waals surface area contributed by atoms with E-state index in [4.69, 9.17) is 10.5 Å². The second-order valence-corrected chi connectivity index (χ2v) is 4.58. The van der Waals surface area contributed by atoms with E-state index in [1.54, 1.807) is 6.07 Å². The van der Waals surface area contributed by atoms with Gasteiger partial charge in [-0.3, -0.25) is 0 Å². The summed E-state index contributed by atoms with van der Waals surface area (Å²) in [5, 5.41) is 0. The van der Waals surface area contributed by atoms with Gasteiger partial charge in [0.1, 0.15) is 5.52 Å². The van der Waals surface area contributed by atoms with Crippen LogP contribution < -0.4 is 10.5 Å². The van der Waals surface area contributed by atoms with Gasteiger partial charge in [-0.15, -0.1) is 0 Å². The number of fused-ring (bicyclic) bond motifs is 1. The van der Waals surface area contributed by atoms with Crippen molar-refractivity contribution in [3.05, 3.63) is 34.8 Å². The molecule has 0 fully saturated rings. The Bertz CT molecular complexity index is 760. The number of aromatic amines is 1. The molecule has 2 heterocycles. The Hall–Kier alpha value is -2.22. The molecule has 2 aromatic heterocycles. The fourth-order valence-corrected chi connectivity index (χ4v) is 1.90. The molecule has 3 aromatic rings. The van der Waals surface area contributed by atoms with Gasteiger partial charge in [-0.05, 0) is 18.2 Å². The summed E-state index contributed by atoms with van der Waals surface area (Å²) in [6.07, 6.45) is 1.43.